The standard InChI is InChI=1S/C14H20N2S/c1-15(2)13(8-9-17)12-10-16(3)14-7-5-4-6-11(12)14/h4-7,10,13,17H,8-9H2,1-3H3. The van der Waals surface area contributed by atoms with E-state index in [0.29, 0.717) is 6.04 Å². The maximum absolute atomic E-state index is 4.37. The highest BCUT2D eigenvalue weighted by molar-refractivity contribution is 7.80. The van der Waals surface area contributed by atoms with Gasteiger partial charge in [0.1, 0.15) is 0 Å². The summed E-state index contributed by atoms with van der Waals surface area (Å²) in [6.45, 7) is 0. The van der Waals surface area contributed by atoms with Crippen LogP contribution >= 0.6 is 12.6 Å². The molecule has 17 heavy (non-hydrogen) atoms. The molecule has 1 heterocycles. The van der Waals surface area contributed by atoms with E-state index in [1.807, 2.05) is 0 Å². The van der Waals surface area contributed by atoms with E-state index in [1.165, 1.54) is 16.5 Å². The molecule has 0 aliphatic heterocycles. The number of rotatable bonds is 4. The van der Waals surface area contributed by atoms with E-state index in [-0.39, 0.29) is 0 Å². The molecular weight excluding hydrogens is 228 g/mol. The Balaban J connectivity index is 2.53. The van der Waals surface area contributed by atoms with Crippen molar-refractivity contribution in [2.75, 3.05) is 19.8 Å². The van der Waals surface area contributed by atoms with Gasteiger partial charge in [-0.1, -0.05) is 18.2 Å². The van der Waals surface area contributed by atoms with Crippen LogP contribution in [0.3, 0.4) is 0 Å². The molecular formula is C14H20N2S. The number of para-hydroxylation sites is 1. The molecule has 0 saturated heterocycles. The highest BCUT2D eigenvalue weighted by Crippen LogP contribution is 2.30. The van der Waals surface area contributed by atoms with Crippen LogP contribution in [0, 0.1) is 0 Å². The topological polar surface area (TPSA) is 8.17 Å². The van der Waals surface area contributed by atoms with Gasteiger partial charge in [-0.3, -0.25) is 0 Å². The Morgan fingerprint density at radius 1 is 1.29 bits per heavy atom. The third-order valence-electron chi connectivity index (χ3n) is 3.31. The molecule has 2 rings (SSSR count). The van der Waals surface area contributed by atoms with Crippen LogP contribution in [0.2, 0.25) is 0 Å². The summed E-state index contributed by atoms with van der Waals surface area (Å²) in [5, 5.41) is 1.36. The largest absolute Gasteiger partial charge is 0.350 e. The Morgan fingerprint density at radius 2 is 2.00 bits per heavy atom. The second-order valence-corrected chi connectivity index (χ2v) is 5.15. The van der Waals surface area contributed by atoms with Crippen molar-refractivity contribution in [2.24, 2.45) is 7.05 Å². The number of aryl methyl sites for hydroxylation is 1. The minimum absolute atomic E-state index is 0.443. The first-order valence-corrected chi connectivity index (χ1v) is 6.59. The van der Waals surface area contributed by atoms with E-state index in [2.05, 4.69) is 73.7 Å². The molecule has 0 saturated carbocycles. The van der Waals surface area contributed by atoms with Crippen molar-refractivity contribution in [3.05, 3.63) is 36.0 Å². The van der Waals surface area contributed by atoms with Crippen LogP contribution < -0.4 is 0 Å². The summed E-state index contributed by atoms with van der Waals surface area (Å²) in [6, 6.07) is 9.03. The number of fused-ring (bicyclic) bond motifs is 1. The van der Waals surface area contributed by atoms with Crippen molar-refractivity contribution in [2.45, 2.75) is 12.5 Å². The molecule has 1 unspecified atom stereocenters. The van der Waals surface area contributed by atoms with E-state index >= 15 is 0 Å². The Morgan fingerprint density at radius 3 is 2.65 bits per heavy atom. The Labute approximate surface area is 109 Å². The third kappa shape index (κ3) is 2.35. The first-order chi connectivity index (χ1) is 8.15. The highest BCUT2D eigenvalue weighted by Gasteiger charge is 2.17. The second-order valence-electron chi connectivity index (χ2n) is 4.70. The lowest BCUT2D eigenvalue weighted by atomic mass is 10.0. The van der Waals surface area contributed by atoms with E-state index in [1.54, 1.807) is 0 Å². The molecule has 0 radical (unpaired) electrons. The maximum Gasteiger partial charge on any atom is 0.0481 e. The molecule has 0 bridgehead atoms. The van der Waals surface area contributed by atoms with Gasteiger partial charge in [0, 0.05) is 30.2 Å². The Kier molecular flexibility index (Phi) is 3.79. The highest BCUT2D eigenvalue weighted by atomic mass is 32.1. The van der Waals surface area contributed by atoms with Crippen LogP contribution in [-0.4, -0.2) is 29.3 Å². The fourth-order valence-corrected chi connectivity index (χ4v) is 2.70. The fraction of sp³-hybridized carbons (Fsp3) is 0.429. The summed E-state index contributed by atoms with van der Waals surface area (Å²) in [4.78, 5) is 2.28. The minimum Gasteiger partial charge on any atom is -0.350 e. The van der Waals surface area contributed by atoms with Crippen LogP contribution in [-0.2, 0) is 7.05 Å². The molecule has 3 heteroatoms. The maximum atomic E-state index is 4.37. The van der Waals surface area contributed by atoms with Gasteiger partial charge in [-0.05, 0) is 37.9 Å². The van der Waals surface area contributed by atoms with Gasteiger partial charge in [0.2, 0.25) is 0 Å². The number of hydrogen-bond acceptors (Lipinski definition) is 2. The van der Waals surface area contributed by atoms with Gasteiger partial charge in [-0.15, -0.1) is 0 Å². The zero-order chi connectivity index (χ0) is 12.4. The van der Waals surface area contributed by atoms with Gasteiger partial charge in [0.15, 0.2) is 0 Å². The lowest BCUT2D eigenvalue weighted by molar-refractivity contribution is 0.295. The molecule has 2 nitrogen and oxygen atoms in total. The first-order valence-electron chi connectivity index (χ1n) is 5.96. The van der Waals surface area contributed by atoms with Gasteiger partial charge in [-0.25, -0.2) is 0 Å². The Bertz CT molecular complexity index is 502. The van der Waals surface area contributed by atoms with Gasteiger partial charge >= 0.3 is 0 Å². The predicted molar refractivity (Wildman–Crippen MR) is 77.8 cm³/mol. The summed E-state index contributed by atoms with van der Waals surface area (Å²) in [5.74, 6) is 0.909. The zero-order valence-corrected chi connectivity index (χ0v) is 11.6. The van der Waals surface area contributed by atoms with Crippen molar-refractivity contribution in [3.63, 3.8) is 0 Å². The van der Waals surface area contributed by atoms with Crippen LogP contribution in [0.25, 0.3) is 10.9 Å². The fourth-order valence-electron chi connectivity index (χ4n) is 2.45. The first kappa shape index (κ1) is 12.5. The second kappa shape index (κ2) is 5.15. The van der Waals surface area contributed by atoms with Gasteiger partial charge in [0.05, 0.1) is 0 Å². The third-order valence-corrected chi connectivity index (χ3v) is 3.57. The van der Waals surface area contributed by atoms with Gasteiger partial charge in [-0.2, -0.15) is 12.6 Å². The van der Waals surface area contributed by atoms with Crippen molar-refractivity contribution in [1.29, 1.82) is 0 Å². The summed E-state index contributed by atoms with van der Waals surface area (Å²) in [6.07, 6.45) is 3.32. The molecule has 0 fully saturated rings. The summed E-state index contributed by atoms with van der Waals surface area (Å²) in [5.41, 5.74) is 2.70. The summed E-state index contributed by atoms with van der Waals surface area (Å²) >= 11 is 4.37. The lowest BCUT2D eigenvalue weighted by Crippen LogP contribution is -2.20. The molecule has 1 atom stereocenters. The average Bonchev–Trinajstić information content (AvgIpc) is 2.64. The van der Waals surface area contributed by atoms with Crippen LogP contribution in [0.4, 0.5) is 0 Å². The number of nitrogens with zero attached hydrogens (tertiary/aromatic N) is 2. The van der Waals surface area contributed by atoms with E-state index < -0.39 is 0 Å². The predicted octanol–water partition coefficient (Wildman–Crippen LogP) is 3.10. The van der Waals surface area contributed by atoms with Gasteiger partial charge in [0.25, 0.3) is 0 Å². The SMILES string of the molecule is CN(C)C(CCS)c1cn(C)c2ccccc12. The van der Waals surface area contributed by atoms with Crippen molar-refractivity contribution in [3.8, 4) is 0 Å². The number of benzene rings is 1. The number of thiol groups is 1. The van der Waals surface area contributed by atoms with Crippen LogP contribution in [0.5, 0.6) is 0 Å². The average molecular weight is 248 g/mol. The van der Waals surface area contributed by atoms with Crippen LogP contribution in [0.1, 0.15) is 18.0 Å². The summed E-state index contributed by atoms with van der Waals surface area (Å²) < 4.78 is 2.21. The smallest absolute Gasteiger partial charge is 0.0481 e. The molecule has 1 aromatic heterocycles. The monoisotopic (exact) mass is 248 g/mol. The zero-order valence-electron chi connectivity index (χ0n) is 10.7. The molecule has 0 aliphatic rings. The Hall–Kier alpha value is -0.930. The molecule has 0 spiro atoms. The number of aromatic nitrogens is 1. The van der Waals surface area contributed by atoms with E-state index in [4.69, 9.17) is 0 Å². The quantitative estimate of drug-likeness (QED) is 0.817. The van der Waals surface area contributed by atoms with E-state index in [9.17, 15) is 0 Å². The van der Waals surface area contributed by atoms with Crippen LogP contribution in [0.15, 0.2) is 30.5 Å². The molecule has 1 aromatic carbocycles. The molecule has 92 valence electrons. The van der Waals surface area contributed by atoms with Crippen molar-refractivity contribution >= 4 is 23.5 Å². The summed E-state index contributed by atoms with van der Waals surface area (Å²) in [7, 11) is 6.38. The molecule has 2 aromatic rings. The van der Waals surface area contributed by atoms with Crippen molar-refractivity contribution < 1.29 is 0 Å². The minimum atomic E-state index is 0.443. The molecule has 0 amide bonds. The van der Waals surface area contributed by atoms with Gasteiger partial charge < -0.3 is 9.47 Å². The lowest BCUT2D eigenvalue weighted by Gasteiger charge is -2.23. The molecule has 0 N–H and O–H groups in total. The molecule has 0 aliphatic carbocycles. The number of hydrogen-bond donors (Lipinski definition) is 1. The normalized spacial score (nSPS) is 13.5. The van der Waals surface area contributed by atoms with E-state index in [0.717, 1.165) is 12.2 Å². The van der Waals surface area contributed by atoms with Crippen molar-refractivity contribution in [1.82, 2.24) is 9.47 Å².